The number of carbonyl (C=O) groups is 1. The van der Waals surface area contributed by atoms with Gasteiger partial charge in [0, 0.05) is 12.7 Å². The van der Waals surface area contributed by atoms with Crippen molar-refractivity contribution >= 4 is 11.6 Å². The van der Waals surface area contributed by atoms with Gasteiger partial charge in [-0.2, -0.15) is 5.26 Å². The van der Waals surface area contributed by atoms with Crippen molar-refractivity contribution in [1.82, 2.24) is 5.32 Å². The Labute approximate surface area is 88.9 Å². The second-order valence-corrected chi connectivity index (χ2v) is 3.17. The zero-order valence-corrected chi connectivity index (χ0v) is 8.79. The van der Waals surface area contributed by atoms with Crippen LogP contribution in [0.1, 0.15) is 11.1 Å². The van der Waals surface area contributed by atoms with E-state index < -0.39 is 0 Å². The Balaban J connectivity index is 2.71. The highest BCUT2D eigenvalue weighted by Gasteiger charge is 2.01. The standard InChI is InChI=1S/C11H13N3O/c1-8-5-9(6-12)3-4-10(8)14-7-11(15)13-2/h3-5,14H,7H2,1-2H3,(H,13,15). The van der Waals surface area contributed by atoms with Crippen molar-refractivity contribution in [1.29, 1.82) is 5.26 Å². The van der Waals surface area contributed by atoms with E-state index in [4.69, 9.17) is 5.26 Å². The molecule has 0 aliphatic heterocycles. The van der Waals surface area contributed by atoms with E-state index in [0.29, 0.717) is 5.56 Å². The molecule has 0 aromatic heterocycles. The molecule has 0 radical (unpaired) electrons. The molecule has 0 saturated heterocycles. The predicted molar refractivity (Wildman–Crippen MR) is 58.5 cm³/mol. The van der Waals surface area contributed by atoms with Gasteiger partial charge in [0.1, 0.15) is 0 Å². The number of nitriles is 1. The van der Waals surface area contributed by atoms with Crippen LogP contribution in [-0.2, 0) is 4.79 Å². The predicted octanol–water partition coefficient (Wildman–Crippen LogP) is 1.02. The van der Waals surface area contributed by atoms with Crippen LogP contribution in [0.25, 0.3) is 0 Å². The lowest BCUT2D eigenvalue weighted by atomic mass is 10.1. The van der Waals surface area contributed by atoms with E-state index in [-0.39, 0.29) is 12.5 Å². The average molecular weight is 203 g/mol. The second kappa shape index (κ2) is 5.01. The highest BCUT2D eigenvalue weighted by molar-refractivity contribution is 5.80. The van der Waals surface area contributed by atoms with Crippen LogP contribution in [0, 0.1) is 18.3 Å². The van der Waals surface area contributed by atoms with E-state index in [2.05, 4.69) is 16.7 Å². The highest BCUT2D eigenvalue weighted by Crippen LogP contribution is 2.15. The molecule has 78 valence electrons. The Kier molecular flexibility index (Phi) is 3.69. The minimum absolute atomic E-state index is 0.0706. The fourth-order valence-corrected chi connectivity index (χ4v) is 1.20. The van der Waals surface area contributed by atoms with Crippen LogP contribution >= 0.6 is 0 Å². The number of rotatable bonds is 3. The smallest absolute Gasteiger partial charge is 0.239 e. The third-order valence-corrected chi connectivity index (χ3v) is 2.07. The van der Waals surface area contributed by atoms with Gasteiger partial charge in [-0.1, -0.05) is 0 Å². The lowest BCUT2D eigenvalue weighted by Gasteiger charge is -2.08. The number of carbonyl (C=O) groups excluding carboxylic acids is 1. The highest BCUT2D eigenvalue weighted by atomic mass is 16.1. The fourth-order valence-electron chi connectivity index (χ4n) is 1.20. The zero-order chi connectivity index (χ0) is 11.3. The van der Waals surface area contributed by atoms with Crippen molar-refractivity contribution in [3.8, 4) is 6.07 Å². The summed E-state index contributed by atoms with van der Waals surface area (Å²) in [5, 5.41) is 14.2. The Morgan fingerprint density at radius 1 is 1.53 bits per heavy atom. The summed E-state index contributed by atoms with van der Waals surface area (Å²) < 4.78 is 0. The van der Waals surface area contributed by atoms with Crippen molar-refractivity contribution in [2.45, 2.75) is 6.92 Å². The van der Waals surface area contributed by atoms with Crippen molar-refractivity contribution in [3.05, 3.63) is 29.3 Å². The molecule has 1 rings (SSSR count). The topological polar surface area (TPSA) is 64.9 Å². The number of nitrogens with zero attached hydrogens (tertiary/aromatic N) is 1. The molecule has 0 heterocycles. The first-order valence-electron chi connectivity index (χ1n) is 4.62. The molecule has 0 aliphatic carbocycles. The molecule has 0 saturated carbocycles. The normalized spacial score (nSPS) is 9.13. The molecule has 2 N–H and O–H groups in total. The molecule has 4 heteroatoms. The van der Waals surface area contributed by atoms with Crippen LogP contribution in [0.2, 0.25) is 0 Å². The number of hydrogen-bond acceptors (Lipinski definition) is 3. The Bertz CT molecular complexity index is 407. The second-order valence-electron chi connectivity index (χ2n) is 3.17. The number of aryl methyl sites for hydroxylation is 1. The zero-order valence-electron chi connectivity index (χ0n) is 8.79. The van der Waals surface area contributed by atoms with Gasteiger partial charge < -0.3 is 10.6 Å². The van der Waals surface area contributed by atoms with E-state index in [1.165, 1.54) is 0 Å². The summed E-state index contributed by atoms with van der Waals surface area (Å²) in [6, 6.07) is 7.37. The molecule has 0 atom stereocenters. The third kappa shape index (κ3) is 2.99. The largest absolute Gasteiger partial charge is 0.376 e. The molecule has 1 aromatic carbocycles. The van der Waals surface area contributed by atoms with Crippen molar-refractivity contribution < 1.29 is 4.79 Å². The molecule has 15 heavy (non-hydrogen) atoms. The first-order valence-corrected chi connectivity index (χ1v) is 4.62. The summed E-state index contributed by atoms with van der Waals surface area (Å²) in [5.41, 5.74) is 2.45. The lowest BCUT2D eigenvalue weighted by molar-refractivity contribution is -0.118. The molecule has 4 nitrogen and oxygen atoms in total. The number of nitrogens with one attached hydrogen (secondary N) is 2. The van der Waals surface area contributed by atoms with Gasteiger partial charge in [0.05, 0.1) is 18.2 Å². The maximum Gasteiger partial charge on any atom is 0.239 e. The van der Waals surface area contributed by atoms with Gasteiger partial charge in [-0.05, 0) is 30.7 Å². The molecule has 0 spiro atoms. The molecule has 0 aliphatic rings. The van der Waals surface area contributed by atoms with E-state index in [9.17, 15) is 4.79 Å². The summed E-state index contributed by atoms with van der Waals surface area (Å²) in [5.74, 6) is -0.0706. The lowest BCUT2D eigenvalue weighted by Crippen LogP contribution is -2.26. The minimum Gasteiger partial charge on any atom is -0.376 e. The number of amides is 1. The van der Waals surface area contributed by atoms with Crippen molar-refractivity contribution in [2.24, 2.45) is 0 Å². The van der Waals surface area contributed by atoms with Gasteiger partial charge in [-0.15, -0.1) is 0 Å². The van der Waals surface area contributed by atoms with Crippen LogP contribution < -0.4 is 10.6 Å². The number of benzene rings is 1. The van der Waals surface area contributed by atoms with Gasteiger partial charge in [-0.25, -0.2) is 0 Å². The molecular formula is C11H13N3O. The number of hydrogen-bond donors (Lipinski definition) is 2. The van der Waals surface area contributed by atoms with Gasteiger partial charge in [0.15, 0.2) is 0 Å². The van der Waals surface area contributed by atoms with Crippen molar-refractivity contribution in [2.75, 3.05) is 18.9 Å². The Morgan fingerprint density at radius 3 is 2.80 bits per heavy atom. The maximum atomic E-state index is 11.0. The first-order chi connectivity index (χ1) is 7.17. The van der Waals surface area contributed by atoms with Gasteiger partial charge in [0.25, 0.3) is 0 Å². The number of anilines is 1. The molecule has 0 bridgehead atoms. The van der Waals surface area contributed by atoms with Gasteiger partial charge in [0.2, 0.25) is 5.91 Å². The number of likely N-dealkylation sites (N-methyl/N-ethyl adjacent to an activating group) is 1. The van der Waals surface area contributed by atoms with E-state index in [1.807, 2.05) is 6.92 Å². The molecule has 0 unspecified atom stereocenters. The summed E-state index contributed by atoms with van der Waals surface area (Å²) in [6.07, 6.45) is 0. The van der Waals surface area contributed by atoms with Crippen LogP contribution in [0.4, 0.5) is 5.69 Å². The molecule has 0 fully saturated rings. The maximum absolute atomic E-state index is 11.0. The SMILES string of the molecule is CNC(=O)CNc1ccc(C#N)cc1C. The van der Waals surface area contributed by atoms with E-state index in [1.54, 1.807) is 25.2 Å². The van der Waals surface area contributed by atoms with E-state index in [0.717, 1.165) is 11.3 Å². The first kappa shape index (κ1) is 11.1. The van der Waals surface area contributed by atoms with Crippen LogP contribution in [-0.4, -0.2) is 19.5 Å². The summed E-state index contributed by atoms with van der Waals surface area (Å²) >= 11 is 0. The Hall–Kier alpha value is -2.02. The van der Waals surface area contributed by atoms with E-state index >= 15 is 0 Å². The molecule has 1 amide bonds. The molecular weight excluding hydrogens is 190 g/mol. The third-order valence-electron chi connectivity index (χ3n) is 2.07. The van der Waals surface area contributed by atoms with Crippen LogP contribution in [0.5, 0.6) is 0 Å². The van der Waals surface area contributed by atoms with Crippen molar-refractivity contribution in [3.63, 3.8) is 0 Å². The summed E-state index contributed by atoms with van der Waals surface area (Å²) in [6.45, 7) is 2.14. The quantitative estimate of drug-likeness (QED) is 0.771. The summed E-state index contributed by atoms with van der Waals surface area (Å²) in [7, 11) is 1.59. The van der Waals surface area contributed by atoms with Gasteiger partial charge >= 0.3 is 0 Å². The summed E-state index contributed by atoms with van der Waals surface area (Å²) in [4.78, 5) is 11.0. The Morgan fingerprint density at radius 2 is 2.27 bits per heavy atom. The minimum atomic E-state index is -0.0706. The van der Waals surface area contributed by atoms with Crippen LogP contribution in [0.3, 0.4) is 0 Å². The average Bonchev–Trinajstić information content (AvgIpc) is 2.26. The fraction of sp³-hybridized carbons (Fsp3) is 0.273. The molecule has 1 aromatic rings. The monoisotopic (exact) mass is 203 g/mol. The van der Waals surface area contributed by atoms with Crippen LogP contribution in [0.15, 0.2) is 18.2 Å². The van der Waals surface area contributed by atoms with Gasteiger partial charge in [-0.3, -0.25) is 4.79 Å².